The molecule has 1 aromatic heterocycles. The lowest BCUT2D eigenvalue weighted by Crippen LogP contribution is -2.15. The van der Waals surface area contributed by atoms with Crippen molar-refractivity contribution in [1.29, 1.82) is 0 Å². The molecule has 0 aliphatic carbocycles. The predicted octanol–water partition coefficient (Wildman–Crippen LogP) is 2.22. The van der Waals surface area contributed by atoms with Crippen LogP contribution in [0.15, 0.2) is 36.5 Å². The number of aromatic nitrogens is 1. The van der Waals surface area contributed by atoms with Crippen LogP contribution in [0.1, 0.15) is 18.1 Å². The van der Waals surface area contributed by atoms with Crippen LogP contribution in [0.25, 0.3) is 10.9 Å². The largest absolute Gasteiger partial charge is 0.388 e. The summed E-state index contributed by atoms with van der Waals surface area (Å²) in [4.78, 5) is 6.42. The first-order chi connectivity index (χ1) is 8.16. The summed E-state index contributed by atoms with van der Waals surface area (Å²) < 4.78 is 0. The van der Waals surface area contributed by atoms with Crippen molar-refractivity contribution in [3.8, 4) is 0 Å². The molecule has 1 atom stereocenters. The van der Waals surface area contributed by atoms with Crippen molar-refractivity contribution in [2.24, 2.45) is 0 Å². The van der Waals surface area contributed by atoms with Crippen molar-refractivity contribution < 1.29 is 5.11 Å². The van der Waals surface area contributed by atoms with Gasteiger partial charge in [-0.15, -0.1) is 0 Å². The first-order valence-corrected chi connectivity index (χ1v) is 5.84. The molecule has 90 valence electrons. The van der Waals surface area contributed by atoms with Crippen molar-refractivity contribution in [2.75, 3.05) is 20.6 Å². The summed E-state index contributed by atoms with van der Waals surface area (Å²) in [6, 6.07) is 9.97. The third-order valence-corrected chi connectivity index (χ3v) is 2.85. The van der Waals surface area contributed by atoms with Crippen molar-refractivity contribution in [2.45, 2.75) is 12.5 Å². The van der Waals surface area contributed by atoms with Crippen LogP contribution in [-0.2, 0) is 0 Å². The van der Waals surface area contributed by atoms with E-state index in [4.69, 9.17) is 0 Å². The van der Waals surface area contributed by atoms with Crippen LogP contribution in [0.5, 0.6) is 0 Å². The molecule has 0 fully saturated rings. The van der Waals surface area contributed by atoms with Gasteiger partial charge in [0.05, 0.1) is 11.6 Å². The zero-order chi connectivity index (χ0) is 12.3. The molecule has 1 aromatic carbocycles. The van der Waals surface area contributed by atoms with Gasteiger partial charge in [0, 0.05) is 18.1 Å². The average molecular weight is 230 g/mol. The van der Waals surface area contributed by atoms with Crippen LogP contribution < -0.4 is 0 Å². The van der Waals surface area contributed by atoms with Gasteiger partial charge in [-0.2, -0.15) is 0 Å². The second-order valence-electron chi connectivity index (χ2n) is 4.57. The Morgan fingerprint density at radius 3 is 2.82 bits per heavy atom. The molecule has 0 spiro atoms. The average Bonchev–Trinajstić information content (AvgIpc) is 2.35. The highest BCUT2D eigenvalue weighted by Crippen LogP contribution is 2.20. The molecule has 0 saturated heterocycles. The summed E-state index contributed by atoms with van der Waals surface area (Å²) in [5.41, 5.74) is 1.86. The molecule has 0 amide bonds. The maximum Gasteiger partial charge on any atom is 0.0817 e. The Bertz CT molecular complexity index is 496. The Kier molecular flexibility index (Phi) is 3.71. The zero-order valence-electron chi connectivity index (χ0n) is 10.3. The minimum absolute atomic E-state index is 0.436. The highest BCUT2D eigenvalue weighted by atomic mass is 16.3. The number of hydrogen-bond acceptors (Lipinski definition) is 3. The maximum atomic E-state index is 10.1. The first-order valence-electron chi connectivity index (χ1n) is 5.84. The van der Waals surface area contributed by atoms with Gasteiger partial charge in [0.1, 0.15) is 0 Å². The van der Waals surface area contributed by atoms with Gasteiger partial charge in [0.2, 0.25) is 0 Å². The molecule has 3 nitrogen and oxygen atoms in total. The molecule has 0 bridgehead atoms. The SMILES string of the molecule is CN(C)CCC(O)c1cnc2ccccc2c1. The standard InChI is InChI=1S/C14H18N2O/c1-16(2)8-7-14(17)12-9-11-5-3-4-6-13(11)15-10-12/h3-6,9-10,14,17H,7-8H2,1-2H3. The maximum absolute atomic E-state index is 10.1. The van der Waals surface area contributed by atoms with E-state index in [0.29, 0.717) is 0 Å². The van der Waals surface area contributed by atoms with E-state index in [1.165, 1.54) is 0 Å². The van der Waals surface area contributed by atoms with Gasteiger partial charge in [-0.05, 0) is 38.2 Å². The minimum atomic E-state index is -0.436. The predicted molar refractivity (Wildman–Crippen MR) is 69.9 cm³/mol. The quantitative estimate of drug-likeness (QED) is 0.875. The van der Waals surface area contributed by atoms with Gasteiger partial charge in [-0.3, -0.25) is 4.98 Å². The van der Waals surface area contributed by atoms with Crippen LogP contribution in [-0.4, -0.2) is 35.6 Å². The van der Waals surface area contributed by atoms with Gasteiger partial charge in [-0.25, -0.2) is 0 Å². The van der Waals surface area contributed by atoms with Crippen LogP contribution in [0, 0.1) is 0 Å². The van der Waals surface area contributed by atoms with Crippen LogP contribution in [0.4, 0.5) is 0 Å². The molecule has 2 rings (SSSR count). The fraction of sp³-hybridized carbons (Fsp3) is 0.357. The van der Waals surface area contributed by atoms with Gasteiger partial charge in [0.15, 0.2) is 0 Å². The van der Waals surface area contributed by atoms with Gasteiger partial charge in [-0.1, -0.05) is 18.2 Å². The Morgan fingerprint density at radius 2 is 2.06 bits per heavy atom. The van der Waals surface area contributed by atoms with E-state index in [2.05, 4.69) is 9.88 Å². The lowest BCUT2D eigenvalue weighted by atomic mass is 10.1. The molecular formula is C14H18N2O. The minimum Gasteiger partial charge on any atom is -0.388 e. The first kappa shape index (κ1) is 12.0. The molecule has 0 aliphatic rings. The number of pyridine rings is 1. The second kappa shape index (κ2) is 5.25. The van der Waals surface area contributed by atoms with Crippen LogP contribution >= 0.6 is 0 Å². The summed E-state index contributed by atoms with van der Waals surface area (Å²) >= 11 is 0. The molecule has 17 heavy (non-hydrogen) atoms. The monoisotopic (exact) mass is 230 g/mol. The molecule has 0 saturated carbocycles. The fourth-order valence-electron chi connectivity index (χ4n) is 1.82. The van der Waals surface area contributed by atoms with E-state index in [9.17, 15) is 5.11 Å². The Morgan fingerprint density at radius 1 is 1.29 bits per heavy atom. The van der Waals surface area contributed by atoms with Gasteiger partial charge < -0.3 is 10.0 Å². The lowest BCUT2D eigenvalue weighted by Gasteiger charge is -2.14. The molecule has 1 unspecified atom stereocenters. The Labute approximate surface area is 102 Å². The molecule has 1 N–H and O–H groups in total. The van der Waals surface area contributed by atoms with Crippen molar-refractivity contribution >= 4 is 10.9 Å². The lowest BCUT2D eigenvalue weighted by molar-refractivity contribution is 0.154. The summed E-state index contributed by atoms with van der Waals surface area (Å²) in [6.07, 6.45) is 2.06. The van der Waals surface area contributed by atoms with E-state index in [1.807, 2.05) is 44.4 Å². The number of benzene rings is 1. The molecule has 0 aliphatic heterocycles. The number of aliphatic hydroxyl groups is 1. The fourth-order valence-corrected chi connectivity index (χ4v) is 1.82. The molecule has 1 heterocycles. The highest BCUT2D eigenvalue weighted by molar-refractivity contribution is 5.78. The molecular weight excluding hydrogens is 212 g/mol. The molecule has 0 radical (unpaired) electrons. The number of hydrogen-bond donors (Lipinski definition) is 1. The van der Waals surface area contributed by atoms with Crippen molar-refractivity contribution in [3.63, 3.8) is 0 Å². The van der Waals surface area contributed by atoms with E-state index in [1.54, 1.807) is 6.20 Å². The van der Waals surface area contributed by atoms with Crippen LogP contribution in [0.2, 0.25) is 0 Å². The number of aliphatic hydroxyl groups excluding tert-OH is 1. The smallest absolute Gasteiger partial charge is 0.0817 e. The summed E-state index contributed by atoms with van der Waals surface area (Å²) in [6.45, 7) is 0.869. The Balaban J connectivity index is 2.18. The summed E-state index contributed by atoms with van der Waals surface area (Å²) in [5.74, 6) is 0. The topological polar surface area (TPSA) is 36.4 Å². The van der Waals surface area contributed by atoms with Crippen molar-refractivity contribution in [3.05, 3.63) is 42.1 Å². The van der Waals surface area contributed by atoms with E-state index in [0.717, 1.165) is 29.4 Å². The number of rotatable bonds is 4. The number of fused-ring (bicyclic) bond motifs is 1. The second-order valence-corrected chi connectivity index (χ2v) is 4.57. The third kappa shape index (κ3) is 3.02. The molecule has 2 aromatic rings. The molecule has 3 heteroatoms. The van der Waals surface area contributed by atoms with Gasteiger partial charge in [0.25, 0.3) is 0 Å². The van der Waals surface area contributed by atoms with Gasteiger partial charge >= 0.3 is 0 Å². The van der Waals surface area contributed by atoms with Crippen molar-refractivity contribution in [1.82, 2.24) is 9.88 Å². The van der Waals surface area contributed by atoms with E-state index < -0.39 is 6.10 Å². The normalized spacial score (nSPS) is 13.2. The van der Waals surface area contributed by atoms with E-state index >= 15 is 0 Å². The Hall–Kier alpha value is -1.45. The number of nitrogens with zero attached hydrogens (tertiary/aromatic N) is 2. The van der Waals surface area contributed by atoms with E-state index in [-0.39, 0.29) is 0 Å². The summed E-state index contributed by atoms with van der Waals surface area (Å²) in [7, 11) is 4.01. The third-order valence-electron chi connectivity index (χ3n) is 2.85. The number of para-hydroxylation sites is 1. The highest BCUT2D eigenvalue weighted by Gasteiger charge is 2.09. The van der Waals surface area contributed by atoms with Crippen LogP contribution in [0.3, 0.4) is 0 Å². The zero-order valence-corrected chi connectivity index (χ0v) is 10.3. The summed E-state index contributed by atoms with van der Waals surface area (Å²) in [5, 5.41) is 11.1.